The molecule has 0 amide bonds. The average Bonchev–Trinajstić information content (AvgIpc) is 2.74. The normalized spacial score (nSPS) is 10.8. The highest BCUT2D eigenvalue weighted by Gasteiger charge is 2.33. The fourth-order valence-corrected chi connectivity index (χ4v) is 4.10. The Labute approximate surface area is 190 Å². The van der Waals surface area contributed by atoms with E-state index in [9.17, 15) is 4.57 Å². The van der Waals surface area contributed by atoms with Crippen molar-refractivity contribution in [3.63, 3.8) is 0 Å². The second-order valence-electron chi connectivity index (χ2n) is 7.64. The Bertz CT molecular complexity index is 1020. The Hall–Kier alpha value is -3.49. The summed E-state index contributed by atoms with van der Waals surface area (Å²) in [5.74, 6) is 1.07. The van der Waals surface area contributed by atoms with Gasteiger partial charge in [-0.2, -0.15) is 4.57 Å². The van der Waals surface area contributed by atoms with Gasteiger partial charge in [-0.15, -0.1) is 0 Å². The van der Waals surface area contributed by atoms with E-state index in [0.717, 1.165) is 33.4 Å². The van der Waals surface area contributed by atoms with E-state index in [1.807, 2.05) is 57.2 Å². The predicted octanol–water partition coefficient (Wildman–Crippen LogP) is 8.43. The maximum Gasteiger partial charge on any atom is 0.647 e. The lowest BCUT2D eigenvalue weighted by Gasteiger charge is -2.20. The van der Waals surface area contributed by atoms with Gasteiger partial charge in [-0.1, -0.05) is 72.9 Å². The first kappa shape index (κ1) is 23.2. The highest BCUT2D eigenvalue weighted by atomic mass is 31.2. The van der Waals surface area contributed by atoms with Crippen LogP contribution in [-0.4, -0.2) is 0 Å². The van der Waals surface area contributed by atoms with E-state index in [-0.39, 0.29) is 0 Å². The summed E-state index contributed by atoms with van der Waals surface area (Å²) in [4.78, 5) is 0. The molecule has 0 aromatic heterocycles. The molecule has 0 spiro atoms. The molecule has 0 aliphatic rings. The summed E-state index contributed by atoms with van der Waals surface area (Å²) in [6.07, 6.45) is 0. The zero-order valence-electron chi connectivity index (χ0n) is 18.6. The molecular weight excluding hydrogens is 419 g/mol. The molecule has 0 atom stereocenters. The molecule has 5 heteroatoms. The quantitative estimate of drug-likeness (QED) is 0.309. The van der Waals surface area contributed by atoms with Crippen molar-refractivity contribution in [2.24, 2.45) is 0 Å². The van der Waals surface area contributed by atoms with Crippen LogP contribution >= 0.6 is 7.82 Å². The number of allylic oxidation sites excluding steroid dienone is 3. The molecule has 3 aromatic carbocycles. The number of phosphoric acid groups is 1. The van der Waals surface area contributed by atoms with Crippen molar-refractivity contribution in [1.29, 1.82) is 0 Å². The Morgan fingerprint density at radius 1 is 0.531 bits per heavy atom. The average molecular weight is 446 g/mol. The minimum absolute atomic E-state index is 0.357. The molecule has 0 unspecified atom stereocenters. The molecule has 0 aliphatic carbocycles. The summed E-state index contributed by atoms with van der Waals surface area (Å²) in [5, 5.41) is 0. The van der Waals surface area contributed by atoms with Crippen LogP contribution in [0.25, 0.3) is 16.7 Å². The second-order valence-corrected chi connectivity index (χ2v) is 9.08. The largest absolute Gasteiger partial charge is 0.647 e. The molecule has 3 aromatic rings. The van der Waals surface area contributed by atoms with Crippen LogP contribution in [0.5, 0.6) is 17.2 Å². The Balaban J connectivity index is 1.89. The summed E-state index contributed by atoms with van der Waals surface area (Å²) in [5.41, 5.74) is 5.63. The topological polar surface area (TPSA) is 44.8 Å². The van der Waals surface area contributed by atoms with Crippen molar-refractivity contribution in [3.05, 3.63) is 109 Å². The van der Waals surface area contributed by atoms with Crippen LogP contribution in [0.15, 0.2) is 92.5 Å². The van der Waals surface area contributed by atoms with Crippen LogP contribution in [-0.2, 0) is 4.57 Å². The number of benzene rings is 3. The Morgan fingerprint density at radius 3 is 0.938 bits per heavy atom. The minimum atomic E-state index is -4.07. The molecule has 0 saturated carbocycles. The van der Waals surface area contributed by atoms with E-state index in [0.29, 0.717) is 17.2 Å². The molecule has 0 aliphatic heterocycles. The van der Waals surface area contributed by atoms with Crippen molar-refractivity contribution in [1.82, 2.24) is 0 Å². The first-order valence-corrected chi connectivity index (χ1v) is 11.6. The van der Waals surface area contributed by atoms with Crippen LogP contribution in [0, 0.1) is 0 Å². The lowest BCUT2D eigenvalue weighted by molar-refractivity contribution is 0.298. The number of rotatable bonds is 9. The highest BCUT2D eigenvalue weighted by molar-refractivity contribution is 7.49. The van der Waals surface area contributed by atoms with E-state index >= 15 is 0 Å². The van der Waals surface area contributed by atoms with Crippen LogP contribution < -0.4 is 13.6 Å². The van der Waals surface area contributed by atoms with Gasteiger partial charge in [-0.25, -0.2) is 0 Å². The Morgan fingerprint density at radius 2 is 0.750 bits per heavy atom. The number of hydrogen-bond acceptors (Lipinski definition) is 4. The van der Waals surface area contributed by atoms with Crippen LogP contribution in [0.4, 0.5) is 0 Å². The maximum absolute atomic E-state index is 13.7. The molecule has 32 heavy (non-hydrogen) atoms. The van der Waals surface area contributed by atoms with Crippen molar-refractivity contribution in [2.45, 2.75) is 20.8 Å². The minimum Gasteiger partial charge on any atom is -0.386 e. The van der Waals surface area contributed by atoms with Gasteiger partial charge < -0.3 is 13.6 Å². The van der Waals surface area contributed by atoms with Gasteiger partial charge in [0.2, 0.25) is 0 Å². The van der Waals surface area contributed by atoms with E-state index in [2.05, 4.69) is 19.7 Å². The highest BCUT2D eigenvalue weighted by Crippen LogP contribution is 2.50. The van der Waals surface area contributed by atoms with Crippen LogP contribution in [0.1, 0.15) is 37.5 Å². The van der Waals surface area contributed by atoms with Crippen molar-refractivity contribution in [2.75, 3.05) is 0 Å². The predicted molar refractivity (Wildman–Crippen MR) is 133 cm³/mol. The Kier molecular flexibility index (Phi) is 7.07. The molecule has 0 N–H and O–H groups in total. The molecule has 164 valence electrons. The van der Waals surface area contributed by atoms with Gasteiger partial charge in [-0.3, -0.25) is 0 Å². The van der Waals surface area contributed by atoms with Crippen molar-refractivity contribution in [3.8, 4) is 17.2 Å². The standard InChI is InChI=1S/C27H27O4P/c1-19(2)22-7-13-25(14-8-22)29-32(28,30-26-15-9-23(10-16-26)20(3)4)31-27-17-11-24(12-18-27)21(5)6/h7-18H,1,3,5H2,2,4,6H3. The monoisotopic (exact) mass is 446 g/mol. The summed E-state index contributed by atoms with van der Waals surface area (Å²) in [7, 11) is -4.07. The molecule has 0 saturated heterocycles. The summed E-state index contributed by atoms with van der Waals surface area (Å²) in [6, 6.07) is 21.3. The fourth-order valence-electron chi connectivity index (χ4n) is 2.84. The van der Waals surface area contributed by atoms with E-state index in [1.54, 1.807) is 36.4 Å². The molecule has 4 nitrogen and oxygen atoms in total. The molecule has 0 radical (unpaired) electrons. The van der Waals surface area contributed by atoms with Gasteiger partial charge in [0.05, 0.1) is 0 Å². The first-order valence-electron chi connectivity index (χ1n) is 10.1. The molecule has 0 bridgehead atoms. The fraction of sp³-hybridized carbons (Fsp3) is 0.111. The smallest absolute Gasteiger partial charge is 0.386 e. The lowest BCUT2D eigenvalue weighted by Crippen LogP contribution is -2.07. The molecule has 3 rings (SSSR count). The molecular formula is C27H27O4P. The van der Waals surface area contributed by atoms with E-state index in [4.69, 9.17) is 13.6 Å². The van der Waals surface area contributed by atoms with E-state index in [1.165, 1.54) is 0 Å². The molecule has 0 fully saturated rings. The zero-order chi connectivity index (χ0) is 23.3. The zero-order valence-corrected chi connectivity index (χ0v) is 19.5. The summed E-state index contributed by atoms with van der Waals surface area (Å²) < 4.78 is 30.9. The van der Waals surface area contributed by atoms with Gasteiger partial charge >= 0.3 is 7.82 Å². The van der Waals surface area contributed by atoms with Crippen molar-refractivity contribution < 1.29 is 18.1 Å². The van der Waals surface area contributed by atoms with Crippen LogP contribution in [0.3, 0.4) is 0 Å². The van der Waals surface area contributed by atoms with Gasteiger partial charge in [0.1, 0.15) is 17.2 Å². The third-order valence-electron chi connectivity index (χ3n) is 4.69. The van der Waals surface area contributed by atoms with Crippen LogP contribution in [0.2, 0.25) is 0 Å². The van der Waals surface area contributed by atoms with Crippen molar-refractivity contribution >= 4 is 24.5 Å². The third-order valence-corrected chi connectivity index (χ3v) is 6.00. The van der Waals surface area contributed by atoms with Gasteiger partial charge in [0.15, 0.2) is 0 Å². The van der Waals surface area contributed by atoms with Gasteiger partial charge in [0, 0.05) is 0 Å². The summed E-state index contributed by atoms with van der Waals surface area (Å²) >= 11 is 0. The van der Waals surface area contributed by atoms with Gasteiger partial charge in [0.25, 0.3) is 0 Å². The second kappa shape index (κ2) is 9.76. The third kappa shape index (κ3) is 6.03. The number of hydrogen-bond donors (Lipinski definition) is 0. The first-order chi connectivity index (χ1) is 15.1. The molecule has 0 heterocycles. The maximum atomic E-state index is 13.7. The van der Waals surface area contributed by atoms with E-state index < -0.39 is 7.82 Å². The number of phosphoric ester groups is 1. The van der Waals surface area contributed by atoms with Gasteiger partial charge in [-0.05, 0) is 73.9 Å². The SMILES string of the molecule is C=C(C)c1ccc(OP(=O)(Oc2ccc(C(=C)C)cc2)Oc2ccc(C(=C)C)cc2)cc1. The lowest BCUT2D eigenvalue weighted by atomic mass is 10.1. The summed E-state index contributed by atoms with van der Waals surface area (Å²) in [6.45, 7) is 17.5.